The first kappa shape index (κ1) is 22.9. The van der Waals surface area contributed by atoms with E-state index in [1.807, 2.05) is 46.2 Å². The zero-order valence-electron chi connectivity index (χ0n) is 17.8. The third-order valence-corrected chi connectivity index (χ3v) is 8.01. The Morgan fingerprint density at radius 2 is 1.94 bits per heavy atom. The Morgan fingerprint density at radius 3 is 2.74 bits per heavy atom. The molecule has 0 saturated heterocycles. The van der Waals surface area contributed by atoms with E-state index in [1.165, 1.54) is 23.1 Å². The summed E-state index contributed by atoms with van der Waals surface area (Å²) >= 11 is 10.1. The van der Waals surface area contributed by atoms with Gasteiger partial charge in [0.2, 0.25) is 10.9 Å². The van der Waals surface area contributed by atoms with E-state index in [0.29, 0.717) is 26.3 Å². The van der Waals surface area contributed by atoms with Crippen molar-refractivity contribution in [2.45, 2.75) is 12.1 Å². The van der Waals surface area contributed by atoms with Gasteiger partial charge in [-0.2, -0.15) is 0 Å². The molecule has 7 nitrogen and oxygen atoms in total. The number of ether oxygens (including phenoxy) is 1. The number of aromatic nitrogens is 3. The highest BCUT2D eigenvalue weighted by Crippen LogP contribution is 2.37. The normalized spacial score (nSPS) is 11.2. The molecule has 0 saturated carbocycles. The van der Waals surface area contributed by atoms with Crippen LogP contribution in [0.2, 0.25) is 5.02 Å². The second-order valence-electron chi connectivity index (χ2n) is 7.09. The highest BCUT2D eigenvalue weighted by Gasteiger charge is 2.23. The van der Waals surface area contributed by atoms with E-state index in [2.05, 4.69) is 15.5 Å². The molecule has 5 aromatic rings. The zero-order valence-corrected chi connectivity index (χ0v) is 21.0. The standard InChI is InChI=1S/C23H17ClN4O3S3/c1-2-31-21(30)19-15(13-7-9-14(24)10-8-13)11-32-20(19)25-18(29)12-33-22-26-27-23-28(22)16-5-3-4-6-17(16)34-23/h3-11H,2,12H2,1H3,(H,25,29). The number of fused-ring (bicyclic) bond motifs is 3. The van der Waals surface area contributed by atoms with Crippen molar-refractivity contribution in [1.29, 1.82) is 0 Å². The Balaban J connectivity index is 1.37. The first-order valence-corrected chi connectivity index (χ1v) is 13.3. The van der Waals surface area contributed by atoms with Gasteiger partial charge in [0.1, 0.15) is 10.6 Å². The molecular weight excluding hydrogens is 512 g/mol. The maximum absolute atomic E-state index is 12.8. The van der Waals surface area contributed by atoms with Crippen LogP contribution in [-0.4, -0.2) is 38.8 Å². The number of thiophene rings is 1. The minimum Gasteiger partial charge on any atom is -0.462 e. The molecule has 1 N–H and O–H groups in total. The Morgan fingerprint density at radius 1 is 1.15 bits per heavy atom. The average molecular weight is 529 g/mol. The molecular formula is C23H17ClN4O3S3. The number of rotatable bonds is 7. The van der Waals surface area contributed by atoms with Crippen molar-refractivity contribution in [3.8, 4) is 11.1 Å². The number of nitrogens with one attached hydrogen (secondary N) is 1. The van der Waals surface area contributed by atoms with Crippen molar-refractivity contribution in [3.05, 3.63) is 64.5 Å². The molecule has 5 rings (SSSR count). The number of thioether (sulfide) groups is 1. The number of esters is 1. The maximum atomic E-state index is 12.8. The van der Waals surface area contributed by atoms with Gasteiger partial charge in [-0.1, -0.05) is 59.0 Å². The van der Waals surface area contributed by atoms with Crippen LogP contribution >= 0.6 is 46.0 Å². The number of amides is 1. The van der Waals surface area contributed by atoms with E-state index < -0.39 is 5.97 Å². The molecule has 0 aliphatic rings. The quantitative estimate of drug-likeness (QED) is 0.199. The Bertz CT molecular complexity index is 1510. The van der Waals surface area contributed by atoms with Crippen LogP contribution < -0.4 is 5.32 Å². The number of hydrogen-bond donors (Lipinski definition) is 1. The first-order valence-electron chi connectivity index (χ1n) is 10.2. The van der Waals surface area contributed by atoms with Gasteiger partial charge in [-0.3, -0.25) is 9.20 Å². The predicted octanol–water partition coefficient (Wildman–Crippen LogP) is 6.23. The lowest BCUT2D eigenvalue weighted by atomic mass is 10.0. The van der Waals surface area contributed by atoms with Gasteiger partial charge in [0.25, 0.3) is 0 Å². The SMILES string of the molecule is CCOC(=O)c1c(-c2ccc(Cl)cc2)csc1NC(=O)CSc1nnc2sc3ccccc3n12. The van der Waals surface area contributed by atoms with E-state index in [0.717, 1.165) is 20.7 Å². The lowest BCUT2D eigenvalue weighted by molar-refractivity contribution is -0.113. The molecule has 1 amide bonds. The van der Waals surface area contributed by atoms with Gasteiger partial charge < -0.3 is 10.1 Å². The Hall–Kier alpha value is -2.92. The third kappa shape index (κ3) is 4.41. The lowest BCUT2D eigenvalue weighted by Gasteiger charge is -2.09. The molecule has 0 unspecified atom stereocenters. The van der Waals surface area contributed by atoms with Gasteiger partial charge in [-0.15, -0.1) is 21.5 Å². The molecule has 11 heteroatoms. The molecule has 2 aromatic carbocycles. The van der Waals surface area contributed by atoms with Crippen molar-refractivity contribution in [1.82, 2.24) is 14.6 Å². The minimum absolute atomic E-state index is 0.113. The molecule has 3 heterocycles. The number of benzene rings is 2. The van der Waals surface area contributed by atoms with Gasteiger partial charge in [0.15, 0.2) is 5.16 Å². The first-order chi connectivity index (χ1) is 16.5. The molecule has 3 aromatic heterocycles. The molecule has 0 aliphatic carbocycles. The van der Waals surface area contributed by atoms with Gasteiger partial charge >= 0.3 is 5.97 Å². The summed E-state index contributed by atoms with van der Waals surface area (Å²) in [6, 6.07) is 15.1. The fraction of sp³-hybridized carbons (Fsp3) is 0.130. The van der Waals surface area contributed by atoms with Gasteiger partial charge in [0, 0.05) is 16.0 Å². The van der Waals surface area contributed by atoms with Crippen LogP contribution in [0.15, 0.2) is 59.1 Å². The van der Waals surface area contributed by atoms with Crippen molar-refractivity contribution in [3.63, 3.8) is 0 Å². The predicted molar refractivity (Wildman–Crippen MR) is 138 cm³/mol. The summed E-state index contributed by atoms with van der Waals surface area (Å²) in [7, 11) is 0. The fourth-order valence-corrected chi connectivity index (χ4v) is 6.31. The van der Waals surface area contributed by atoms with Gasteiger partial charge in [-0.05, 0) is 36.8 Å². The number of thiazole rings is 1. The summed E-state index contributed by atoms with van der Waals surface area (Å²) < 4.78 is 8.31. The van der Waals surface area contributed by atoms with E-state index in [4.69, 9.17) is 16.3 Å². The van der Waals surface area contributed by atoms with E-state index >= 15 is 0 Å². The molecule has 0 bridgehead atoms. The molecule has 172 valence electrons. The monoisotopic (exact) mass is 528 g/mol. The molecule has 0 atom stereocenters. The number of para-hydroxylation sites is 1. The molecule has 0 spiro atoms. The number of halogens is 1. The molecule has 34 heavy (non-hydrogen) atoms. The van der Waals surface area contributed by atoms with Crippen LogP contribution in [0.25, 0.3) is 26.3 Å². The van der Waals surface area contributed by atoms with Crippen LogP contribution in [0.1, 0.15) is 17.3 Å². The van der Waals surface area contributed by atoms with Crippen LogP contribution in [0, 0.1) is 0 Å². The second kappa shape index (κ2) is 9.75. The van der Waals surface area contributed by atoms with Crippen LogP contribution in [-0.2, 0) is 9.53 Å². The van der Waals surface area contributed by atoms with E-state index in [9.17, 15) is 9.59 Å². The second-order valence-corrected chi connectivity index (χ2v) is 10.4. The number of anilines is 1. The average Bonchev–Trinajstić information content (AvgIpc) is 3.52. The maximum Gasteiger partial charge on any atom is 0.341 e. The van der Waals surface area contributed by atoms with Gasteiger partial charge in [-0.25, -0.2) is 4.79 Å². The molecule has 0 radical (unpaired) electrons. The zero-order chi connectivity index (χ0) is 23.7. The number of nitrogens with zero attached hydrogens (tertiary/aromatic N) is 3. The summed E-state index contributed by atoms with van der Waals surface area (Å²) in [5.74, 6) is -0.626. The van der Waals surface area contributed by atoms with E-state index in [-0.39, 0.29) is 18.3 Å². The highest BCUT2D eigenvalue weighted by atomic mass is 35.5. The Kier molecular flexibility index (Phi) is 6.55. The highest BCUT2D eigenvalue weighted by molar-refractivity contribution is 7.99. The van der Waals surface area contributed by atoms with E-state index in [1.54, 1.807) is 30.4 Å². The van der Waals surface area contributed by atoms with Crippen molar-refractivity contribution in [2.24, 2.45) is 0 Å². The summed E-state index contributed by atoms with van der Waals surface area (Å²) in [4.78, 5) is 26.3. The van der Waals surface area contributed by atoms with Gasteiger partial charge in [0.05, 0.1) is 22.6 Å². The summed E-state index contributed by atoms with van der Waals surface area (Å²) in [5.41, 5.74) is 2.84. The molecule has 0 fully saturated rings. The third-order valence-electron chi connectivity index (χ3n) is 4.92. The summed E-state index contributed by atoms with van der Waals surface area (Å²) in [6.07, 6.45) is 0. The van der Waals surface area contributed by atoms with Crippen molar-refractivity contribution >= 4 is 78.1 Å². The number of carbonyl (C=O) groups is 2. The summed E-state index contributed by atoms with van der Waals surface area (Å²) in [6.45, 7) is 1.98. The van der Waals surface area contributed by atoms with Crippen LogP contribution in [0.3, 0.4) is 0 Å². The van der Waals surface area contributed by atoms with Crippen molar-refractivity contribution in [2.75, 3.05) is 17.7 Å². The molecule has 0 aliphatic heterocycles. The summed E-state index contributed by atoms with van der Waals surface area (Å²) in [5, 5.41) is 14.8. The van der Waals surface area contributed by atoms with Crippen molar-refractivity contribution < 1.29 is 14.3 Å². The van der Waals surface area contributed by atoms with Crippen LogP contribution in [0.4, 0.5) is 5.00 Å². The number of hydrogen-bond acceptors (Lipinski definition) is 8. The largest absolute Gasteiger partial charge is 0.462 e. The lowest BCUT2D eigenvalue weighted by Crippen LogP contribution is -2.16. The minimum atomic E-state index is -0.486. The van der Waals surface area contributed by atoms with Crippen LogP contribution in [0.5, 0.6) is 0 Å². The topological polar surface area (TPSA) is 85.6 Å². The fourth-order valence-electron chi connectivity index (χ4n) is 3.44. The Labute approximate surface area is 211 Å². The number of carbonyl (C=O) groups excluding carboxylic acids is 2. The smallest absolute Gasteiger partial charge is 0.341 e.